The second-order valence-corrected chi connectivity index (χ2v) is 8.21. The van der Waals surface area contributed by atoms with Crippen LogP contribution in [0.4, 0.5) is 0 Å². The van der Waals surface area contributed by atoms with E-state index in [0.29, 0.717) is 42.6 Å². The van der Waals surface area contributed by atoms with Gasteiger partial charge in [-0.25, -0.2) is 8.42 Å². The molecule has 0 bridgehead atoms. The first-order chi connectivity index (χ1) is 10.0. The van der Waals surface area contributed by atoms with Crippen LogP contribution >= 0.6 is 11.3 Å². The van der Waals surface area contributed by atoms with Gasteiger partial charge in [0.2, 0.25) is 0 Å². The van der Waals surface area contributed by atoms with Crippen LogP contribution in [0.25, 0.3) is 0 Å². The van der Waals surface area contributed by atoms with Crippen LogP contribution in [0.1, 0.15) is 23.0 Å². The van der Waals surface area contributed by atoms with Crippen molar-refractivity contribution in [3.63, 3.8) is 0 Å². The van der Waals surface area contributed by atoms with Gasteiger partial charge in [-0.3, -0.25) is 4.79 Å². The maximum atomic E-state index is 12.7. The Morgan fingerprint density at radius 2 is 2.19 bits per heavy atom. The van der Waals surface area contributed by atoms with Crippen molar-refractivity contribution in [2.24, 2.45) is 0 Å². The molecule has 2 aliphatic heterocycles. The van der Waals surface area contributed by atoms with Gasteiger partial charge in [-0.05, 0) is 13.3 Å². The van der Waals surface area contributed by atoms with E-state index in [1.54, 1.807) is 10.3 Å². The van der Waals surface area contributed by atoms with Crippen molar-refractivity contribution in [3.8, 4) is 11.5 Å². The minimum Gasteiger partial charge on any atom is -0.485 e. The molecule has 8 heteroatoms. The highest BCUT2D eigenvalue weighted by Crippen LogP contribution is 2.40. The molecule has 0 aliphatic carbocycles. The summed E-state index contributed by atoms with van der Waals surface area (Å²) in [6.07, 6.45) is 0.507. The van der Waals surface area contributed by atoms with E-state index in [4.69, 9.17) is 9.47 Å². The summed E-state index contributed by atoms with van der Waals surface area (Å²) in [6, 6.07) is -0.241. The summed E-state index contributed by atoms with van der Waals surface area (Å²) in [7, 11) is -3.02. The molecule has 3 rings (SSSR count). The molecule has 3 heterocycles. The summed E-state index contributed by atoms with van der Waals surface area (Å²) in [5, 5.41) is 1.76. The molecule has 6 nitrogen and oxygen atoms in total. The van der Waals surface area contributed by atoms with Crippen molar-refractivity contribution < 1.29 is 22.7 Å². The van der Waals surface area contributed by atoms with Crippen molar-refractivity contribution in [2.75, 3.05) is 31.3 Å². The Morgan fingerprint density at radius 3 is 2.86 bits per heavy atom. The number of amides is 1. The van der Waals surface area contributed by atoms with Gasteiger partial charge in [0.1, 0.15) is 18.1 Å². The summed E-state index contributed by atoms with van der Waals surface area (Å²) >= 11 is 1.29. The SMILES string of the molecule is CCN(C(=O)c1scc2c1OCCO2)[C@H]1CCS(=O)(=O)C1. The first-order valence-electron chi connectivity index (χ1n) is 6.90. The van der Waals surface area contributed by atoms with Gasteiger partial charge in [-0.2, -0.15) is 0 Å². The zero-order chi connectivity index (χ0) is 15.0. The van der Waals surface area contributed by atoms with E-state index in [1.807, 2.05) is 6.92 Å². The van der Waals surface area contributed by atoms with Crippen LogP contribution in [0.2, 0.25) is 0 Å². The summed E-state index contributed by atoms with van der Waals surface area (Å²) in [4.78, 5) is 14.8. The quantitative estimate of drug-likeness (QED) is 0.831. The van der Waals surface area contributed by atoms with E-state index < -0.39 is 9.84 Å². The van der Waals surface area contributed by atoms with Crippen molar-refractivity contribution in [1.82, 2.24) is 4.90 Å². The highest BCUT2D eigenvalue weighted by molar-refractivity contribution is 7.91. The normalized spacial score (nSPS) is 23.0. The third kappa shape index (κ3) is 2.74. The Labute approximate surface area is 127 Å². The molecule has 1 saturated heterocycles. The van der Waals surface area contributed by atoms with Gasteiger partial charge in [0.15, 0.2) is 21.3 Å². The summed E-state index contributed by atoms with van der Waals surface area (Å²) in [5.74, 6) is 1.14. The molecule has 0 saturated carbocycles. The topological polar surface area (TPSA) is 72.9 Å². The van der Waals surface area contributed by atoms with Crippen molar-refractivity contribution in [2.45, 2.75) is 19.4 Å². The minimum atomic E-state index is -3.02. The number of nitrogens with zero attached hydrogens (tertiary/aromatic N) is 1. The van der Waals surface area contributed by atoms with E-state index >= 15 is 0 Å². The van der Waals surface area contributed by atoms with E-state index in [2.05, 4.69) is 0 Å². The molecule has 1 atom stereocenters. The third-order valence-electron chi connectivity index (χ3n) is 3.75. The second kappa shape index (κ2) is 5.49. The van der Waals surface area contributed by atoms with Crippen LogP contribution in [-0.2, 0) is 9.84 Å². The third-order valence-corrected chi connectivity index (χ3v) is 6.42. The fourth-order valence-corrected chi connectivity index (χ4v) is 5.35. The number of thiophene rings is 1. The molecular weight excluding hydrogens is 314 g/mol. The smallest absolute Gasteiger partial charge is 0.268 e. The lowest BCUT2D eigenvalue weighted by molar-refractivity contribution is 0.0705. The number of carbonyl (C=O) groups excluding carboxylic acids is 1. The van der Waals surface area contributed by atoms with E-state index in [1.165, 1.54) is 11.3 Å². The first-order valence-corrected chi connectivity index (χ1v) is 9.60. The molecule has 1 amide bonds. The molecule has 0 unspecified atom stereocenters. The lowest BCUT2D eigenvalue weighted by atomic mass is 10.2. The second-order valence-electron chi connectivity index (χ2n) is 5.10. The number of fused-ring (bicyclic) bond motifs is 1. The maximum Gasteiger partial charge on any atom is 0.268 e. The molecule has 116 valence electrons. The summed E-state index contributed by atoms with van der Waals surface area (Å²) in [5.41, 5.74) is 0. The van der Waals surface area contributed by atoms with Gasteiger partial charge in [-0.1, -0.05) is 0 Å². The van der Waals surface area contributed by atoms with Crippen molar-refractivity contribution in [3.05, 3.63) is 10.3 Å². The monoisotopic (exact) mass is 331 g/mol. The molecule has 1 aromatic rings. The van der Waals surface area contributed by atoms with Crippen LogP contribution in [0.3, 0.4) is 0 Å². The molecule has 0 N–H and O–H groups in total. The molecule has 21 heavy (non-hydrogen) atoms. The predicted octanol–water partition coefficient (Wildman–Crippen LogP) is 1.17. The Balaban J connectivity index is 1.84. The lowest BCUT2D eigenvalue weighted by Gasteiger charge is -2.27. The van der Waals surface area contributed by atoms with Gasteiger partial charge >= 0.3 is 0 Å². The predicted molar refractivity (Wildman–Crippen MR) is 79.1 cm³/mol. The Kier molecular flexibility index (Phi) is 3.83. The molecule has 0 radical (unpaired) electrons. The van der Waals surface area contributed by atoms with E-state index in [0.717, 1.165) is 0 Å². The fraction of sp³-hybridized carbons (Fsp3) is 0.615. The molecule has 1 aromatic heterocycles. The highest BCUT2D eigenvalue weighted by atomic mass is 32.2. The number of sulfone groups is 1. The Morgan fingerprint density at radius 1 is 1.43 bits per heavy atom. The van der Waals surface area contributed by atoms with Crippen LogP contribution < -0.4 is 9.47 Å². The highest BCUT2D eigenvalue weighted by Gasteiger charge is 2.36. The van der Waals surface area contributed by atoms with Gasteiger partial charge in [-0.15, -0.1) is 11.3 Å². The summed E-state index contributed by atoms with van der Waals surface area (Å²) < 4.78 is 34.2. The summed E-state index contributed by atoms with van der Waals surface area (Å²) in [6.45, 7) is 3.25. The van der Waals surface area contributed by atoms with Crippen LogP contribution in [0.5, 0.6) is 11.5 Å². The van der Waals surface area contributed by atoms with Gasteiger partial charge < -0.3 is 14.4 Å². The van der Waals surface area contributed by atoms with E-state index in [9.17, 15) is 13.2 Å². The Hall–Kier alpha value is -1.28. The van der Waals surface area contributed by atoms with E-state index in [-0.39, 0.29) is 23.5 Å². The average Bonchev–Trinajstić information content (AvgIpc) is 3.03. The number of rotatable bonds is 3. The maximum absolute atomic E-state index is 12.7. The largest absolute Gasteiger partial charge is 0.485 e. The van der Waals surface area contributed by atoms with Crippen LogP contribution in [0, 0.1) is 0 Å². The first kappa shape index (κ1) is 14.6. The van der Waals surface area contributed by atoms with Crippen LogP contribution in [0.15, 0.2) is 5.38 Å². The molecule has 0 aromatic carbocycles. The molecule has 0 spiro atoms. The number of carbonyl (C=O) groups is 1. The standard InChI is InChI=1S/C13H17NO5S2/c1-2-14(9-3-6-21(16,17)8-9)13(15)12-11-10(7-20-12)18-4-5-19-11/h7,9H,2-6,8H2,1H3/t9-/m0/s1. The van der Waals surface area contributed by atoms with Crippen molar-refractivity contribution in [1.29, 1.82) is 0 Å². The van der Waals surface area contributed by atoms with Gasteiger partial charge in [0, 0.05) is 18.0 Å². The molecule has 2 aliphatic rings. The number of hydrogen-bond acceptors (Lipinski definition) is 6. The van der Waals surface area contributed by atoms with Gasteiger partial charge in [0.05, 0.1) is 11.5 Å². The minimum absolute atomic E-state index is 0.0531. The molecular formula is C13H17NO5S2. The number of ether oxygens (including phenoxy) is 2. The Bertz CT molecular complexity index is 652. The van der Waals surface area contributed by atoms with Crippen LogP contribution in [-0.4, -0.2) is 56.5 Å². The average molecular weight is 331 g/mol. The lowest BCUT2D eigenvalue weighted by Crippen LogP contribution is -2.40. The molecule has 1 fully saturated rings. The zero-order valence-corrected chi connectivity index (χ0v) is 13.3. The zero-order valence-electron chi connectivity index (χ0n) is 11.7. The van der Waals surface area contributed by atoms with Gasteiger partial charge in [0.25, 0.3) is 5.91 Å². The van der Waals surface area contributed by atoms with Crippen molar-refractivity contribution >= 4 is 27.1 Å². The number of hydrogen-bond donors (Lipinski definition) is 0. The fourth-order valence-electron chi connectivity index (χ4n) is 2.73.